The van der Waals surface area contributed by atoms with Crippen LogP contribution >= 0.6 is 0 Å². The maximum Gasteiger partial charge on any atom is 0.492 e. The Morgan fingerprint density at radius 2 is 1.93 bits per heavy atom. The van der Waals surface area contributed by atoms with E-state index in [1.807, 2.05) is 26.8 Å². The van der Waals surface area contributed by atoms with Gasteiger partial charge < -0.3 is 14.8 Å². The van der Waals surface area contributed by atoms with Crippen LogP contribution in [0.25, 0.3) is 0 Å². The van der Waals surface area contributed by atoms with E-state index in [-0.39, 0.29) is 0 Å². The molecular weight excluding hydrogens is 191 g/mol. The molecule has 0 atom stereocenters. The third-order valence-electron chi connectivity index (χ3n) is 2.18. The van der Waals surface area contributed by atoms with Crippen molar-refractivity contribution < 1.29 is 14.8 Å². The van der Waals surface area contributed by atoms with E-state index in [4.69, 9.17) is 4.74 Å². The van der Waals surface area contributed by atoms with Crippen molar-refractivity contribution in [2.45, 2.75) is 27.2 Å². The lowest BCUT2D eigenvalue weighted by molar-refractivity contribution is 0.315. The van der Waals surface area contributed by atoms with Crippen LogP contribution in [0.1, 0.15) is 24.5 Å². The van der Waals surface area contributed by atoms with E-state index in [1.54, 1.807) is 6.07 Å². The van der Waals surface area contributed by atoms with Crippen LogP contribution in [-0.4, -0.2) is 23.8 Å². The SMILES string of the molecule is CCCOc1c(C)cc(C)cc1B(O)O. The Morgan fingerprint density at radius 3 is 2.47 bits per heavy atom. The van der Waals surface area contributed by atoms with Gasteiger partial charge in [0.1, 0.15) is 5.75 Å². The second kappa shape index (κ2) is 5.19. The number of aryl methyl sites for hydroxylation is 2. The van der Waals surface area contributed by atoms with Gasteiger partial charge in [-0.1, -0.05) is 24.6 Å². The lowest BCUT2D eigenvalue weighted by atomic mass is 9.78. The summed E-state index contributed by atoms with van der Waals surface area (Å²) in [4.78, 5) is 0. The molecule has 1 rings (SSSR count). The fourth-order valence-corrected chi connectivity index (χ4v) is 1.58. The summed E-state index contributed by atoms with van der Waals surface area (Å²) in [6.07, 6.45) is 0.897. The fourth-order valence-electron chi connectivity index (χ4n) is 1.58. The zero-order chi connectivity index (χ0) is 11.4. The lowest BCUT2D eigenvalue weighted by Crippen LogP contribution is -2.32. The topological polar surface area (TPSA) is 49.7 Å². The minimum absolute atomic E-state index is 0.445. The molecule has 1 aromatic carbocycles. The third-order valence-corrected chi connectivity index (χ3v) is 2.18. The monoisotopic (exact) mass is 208 g/mol. The quantitative estimate of drug-likeness (QED) is 0.718. The van der Waals surface area contributed by atoms with Crippen LogP contribution in [-0.2, 0) is 0 Å². The van der Waals surface area contributed by atoms with Gasteiger partial charge in [-0.2, -0.15) is 0 Å². The van der Waals surface area contributed by atoms with E-state index < -0.39 is 7.12 Å². The highest BCUT2D eigenvalue weighted by molar-refractivity contribution is 6.59. The van der Waals surface area contributed by atoms with Gasteiger partial charge in [0.2, 0.25) is 0 Å². The van der Waals surface area contributed by atoms with Gasteiger partial charge in [0.15, 0.2) is 0 Å². The largest absolute Gasteiger partial charge is 0.494 e. The molecule has 0 saturated heterocycles. The van der Waals surface area contributed by atoms with Crippen LogP contribution < -0.4 is 10.2 Å². The zero-order valence-corrected chi connectivity index (χ0v) is 9.45. The summed E-state index contributed by atoms with van der Waals surface area (Å²) >= 11 is 0. The summed E-state index contributed by atoms with van der Waals surface area (Å²) < 4.78 is 5.51. The molecule has 0 aliphatic heterocycles. The molecule has 0 saturated carbocycles. The number of benzene rings is 1. The van der Waals surface area contributed by atoms with Crippen molar-refractivity contribution in [1.29, 1.82) is 0 Å². The molecule has 0 aromatic heterocycles. The second-order valence-electron chi connectivity index (χ2n) is 3.72. The minimum Gasteiger partial charge on any atom is -0.494 e. The Bertz CT molecular complexity index is 337. The van der Waals surface area contributed by atoms with Gasteiger partial charge >= 0.3 is 7.12 Å². The first-order valence-electron chi connectivity index (χ1n) is 5.16. The summed E-state index contributed by atoms with van der Waals surface area (Å²) in [7, 11) is -1.48. The van der Waals surface area contributed by atoms with Crippen molar-refractivity contribution in [2.75, 3.05) is 6.61 Å². The molecule has 1 aromatic rings. The number of hydrogen-bond donors (Lipinski definition) is 2. The van der Waals surface area contributed by atoms with Crippen molar-refractivity contribution in [3.63, 3.8) is 0 Å². The molecule has 82 valence electrons. The van der Waals surface area contributed by atoms with E-state index >= 15 is 0 Å². The van der Waals surface area contributed by atoms with Gasteiger partial charge in [-0.15, -0.1) is 0 Å². The molecule has 0 bridgehead atoms. The van der Waals surface area contributed by atoms with Crippen molar-refractivity contribution >= 4 is 12.6 Å². The smallest absolute Gasteiger partial charge is 0.492 e. The fraction of sp³-hybridized carbons (Fsp3) is 0.455. The van der Waals surface area contributed by atoms with Gasteiger partial charge in [-0.25, -0.2) is 0 Å². The molecule has 4 heteroatoms. The average Bonchev–Trinajstić information content (AvgIpc) is 2.15. The highest BCUT2D eigenvalue weighted by Crippen LogP contribution is 2.17. The predicted molar refractivity (Wildman–Crippen MR) is 61.5 cm³/mol. The maximum atomic E-state index is 9.23. The highest BCUT2D eigenvalue weighted by Gasteiger charge is 2.19. The molecule has 15 heavy (non-hydrogen) atoms. The predicted octanol–water partition coefficient (Wildman–Crippen LogP) is 0.772. The Kier molecular flexibility index (Phi) is 4.18. The van der Waals surface area contributed by atoms with Crippen LogP contribution in [0.3, 0.4) is 0 Å². The molecular formula is C11H17BO3. The Hall–Kier alpha value is -0.995. The van der Waals surface area contributed by atoms with Crippen molar-refractivity contribution in [2.24, 2.45) is 0 Å². The summed E-state index contributed by atoms with van der Waals surface area (Å²) in [5.74, 6) is 0.595. The number of ether oxygens (including phenoxy) is 1. The minimum atomic E-state index is -1.48. The molecule has 3 nitrogen and oxygen atoms in total. The molecule has 2 N–H and O–H groups in total. The van der Waals surface area contributed by atoms with Crippen LogP contribution in [0.4, 0.5) is 0 Å². The maximum absolute atomic E-state index is 9.23. The van der Waals surface area contributed by atoms with Gasteiger partial charge in [0.25, 0.3) is 0 Å². The van der Waals surface area contributed by atoms with Crippen molar-refractivity contribution in [3.05, 3.63) is 23.3 Å². The molecule has 0 unspecified atom stereocenters. The molecule has 0 heterocycles. The van der Waals surface area contributed by atoms with Crippen LogP contribution in [0, 0.1) is 13.8 Å². The average molecular weight is 208 g/mol. The molecule has 0 spiro atoms. The number of rotatable bonds is 4. The molecule has 0 radical (unpaired) electrons. The molecule has 0 fully saturated rings. The van der Waals surface area contributed by atoms with E-state index in [0.29, 0.717) is 17.8 Å². The van der Waals surface area contributed by atoms with Gasteiger partial charge in [0, 0.05) is 5.46 Å². The normalized spacial score (nSPS) is 10.2. The summed E-state index contributed by atoms with van der Waals surface area (Å²) in [5, 5.41) is 18.5. The molecule has 0 amide bonds. The van der Waals surface area contributed by atoms with Gasteiger partial charge in [-0.3, -0.25) is 0 Å². The second-order valence-corrected chi connectivity index (χ2v) is 3.72. The van der Waals surface area contributed by atoms with Crippen LogP contribution in [0.5, 0.6) is 5.75 Å². The van der Waals surface area contributed by atoms with E-state index in [9.17, 15) is 10.0 Å². The third kappa shape index (κ3) is 2.98. The first-order valence-corrected chi connectivity index (χ1v) is 5.16. The summed E-state index contributed by atoms with van der Waals surface area (Å²) in [6, 6.07) is 3.71. The van der Waals surface area contributed by atoms with Crippen molar-refractivity contribution in [1.82, 2.24) is 0 Å². The first-order chi connectivity index (χ1) is 7.06. The van der Waals surface area contributed by atoms with E-state index in [2.05, 4.69) is 0 Å². The molecule has 0 aliphatic rings. The highest BCUT2D eigenvalue weighted by atomic mass is 16.5. The lowest BCUT2D eigenvalue weighted by Gasteiger charge is -2.14. The summed E-state index contributed by atoms with van der Waals surface area (Å²) in [6.45, 7) is 6.43. The van der Waals surface area contributed by atoms with Crippen LogP contribution in [0.2, 0.25) is 0 Å². The Balaban J connectivity index is 3.09. The number of hydrogen-bond acceptors (Lipinski definition) is 3. The Labute approximate surface area is 90.9 Å². The first kappa shape index (κ1) is 12.1. The van der Waals surface area contributed by atoms with Crippen molar-refractivity contribution in [3.8, 4) is 5.75 Å². The van der Waals surface area contributed by atoms with E-state index in [1.165, 1.54) is 0 Å². The molecule has 0 aliphatic carbocycles. The van der Waals surface area contributed by atoms with Gasteiger partial charge in [-0.05, 0) is 25.8 Å². The summed E-state index contributed by atoms with van der Waals surface area (Å²) in [5.41, 5.74) is 2.38. The zero-order valence-electron chi connectivity index (χ0n) is 9.45. The van der Waals surface area contributed by atoms with E-state index in [0.717, 1.165) is 17.5 Å². The Morgan fingerprint density at radius 1 is 1.27 bits per heavy atom. The standard InChI is InChI=1S/C11H17BO3/c1-4-5-15-11-9(3)6-8(2)7-10(11)12(13)14/h6-7,13-14H,4-5H2,1-3H3. The van der Waals surface area contributed by atoms with Gasteiger partial charge in [0.05, 0.1) is 6.61 Å². The van der Waals surface area contributed by atoms with Crippen LogP contribution in [0.15, 0.2) is 12.1 Å².